The number of carbonyl (C=O) groups is 1. The summed E-state index contributed by atoms with van der Waals surface area (Å²) in [5, 5.41) is 12.9. The molecule has 3 rings (SSSR count). The molecular formula is C20H30N2O3. The Balaban J connectivity index is 1.55. The van der Waals surface area contributed by atoms with Crippen molar-refractivity contribution in [2.24, 2.45) is 11.8 Å². The molecule has 2 fully saturated rings. The highest BCUT2D eigenvalue weighted by Crippen LogP contribution is 2.44. The van der Waals surface area contributed by atoms with Gasteiger partial charge in [0.2, 0.25) is 0 Å². The molecule has 2 saturated carbocycles. The first-order valence-electron chi connectivity index (χ1n) is 9.42. The van der Waals surface area contributed by atoms with Crippen LogP contribution in [0.1, 0.15) is 50.1 Å². The summed E-state index contributed by atoms with van der Waals surface area (Å²) < 4.78 is 5.17. The Kier molecular flexibility index (Phi) is 5.84. The number of likely N-dealkylation sites (N-methyl/N-ethyl adjacent to an activating group) is 1. The van der Waals surface area contributed by atoms with E-state index < -0.39 is 0 Å². The fourth-order valence-electron chi connectivity index (χ4n) is 4.14. The Bertz CT molecular complexity index is 569. The molecular weight excluding hydrogens is 316 g/mol. The number of nitrogens with zero attached hydrogens (tertiary/aromatic N) is 1. The monoisotopic (exact) mass is 346 g/mol. The lowest BCUT2D eigenvalue weighted by Gasteiger charge is -2.28. The van der Waals surface area contributed by atoms with E-state index in [9.17, 15) is 9.90 Å². The van der Waals surface area contributed by atoms with Gasteiger partial charge in [0, 0.05) is 13.1 Å². The Morgan fingerprint density at radius 2 is 1.96 bits per heavy atom. The molecule has 138 valence electrons. The van der Waals surface area contributed by atoms with Crippen molar-refractivity contribution >= 4 is 6.03 Å². The number of aliphatic hydroxyl groups is 1. The van der Waals surface area contributed by atoms with Crippen LogP contribution in [0, 0.1) is 11.8 Å². The van der Waals surface area contributed by atoms with Crippen LogP contribution in [0.15, 0.2) is 24.3 Å². The number of hydrogen-bond acceptors (Lipinski definition) is 3. The number of hydrogen-bond donors (Lipinski definition) is 2. The number of nitrogens with one attached hydrogen (secondary N) is 1. The van der Waals surface area contributed by atoms with Gasteiger partial charge in [-0.15, -0.1) is 0 Å². The molecule has 5 nitrogen and oxygen atoms in total. The molecule has 0 spiro atoms. The van der Waals surface area contributed by atoms with E-state index in [2.05, 4.69) is 5.32 Å². The molecule has 0 bridgehead atoms. The number of aliphatic hydroxyl groups excluding tert-OH is 1. The smallest absolute Gasteiger partial charge is 0.317 e. The van der Waals surface area contributed by atoms with Gasteiger partial charge in [-0.2, -0.15) is 0 Å². The Hall–Kier alpha value is -1.75. The summed E-state index contributed by atoms with van der Waals surface area (Å²) in [7, 11) is 3.37. The summed E-state index contributed by atoms with van der Waals surface area (Å²) in [6, 6.07) is 7.36. The lowest BCUT2D eigenvalue weighted by molar-refractivity contribution is 0.149. The van der Waals surface area contributed by atoms with E-state index in [1.165, 1.54) is 32.1 Å². The third kappa shape index (κ3) is 4.27. The van der Waals surface area contributed by atoms with Crippen molar-refractivity contribution in [1.29, 1.82) is 0 Å². The molecule has 1 aromatic rings. The number of methoxy groups -OCH3 is 1. The number of ether oxygens (including phenoxy) is 1. The van der Waals surface area contributed by atoms with Crippen LogP contribution in [0.25, 0.3) is 0 Å². The first-order chi connectivity index (χ1) is 12.1. The van der Waals surface area contributed by atoms with E-state index in [4.69, 9.17) is 4.74 Å². The molecule has 1 aromatic carbocycles. The van der Waals surface area contributed by atoms with E-state index >= 15 is 0 Å². The van der Waals surface area contributed by atoms with E-state index in [-0.39, 0.29) is 18.7 Å². The molecule has 0 aliphatic heterocycles. The molecule has 0 saturated heterocycles. The van der Waals surface area contributed by atoms with Crippen LogP contribution in [0.4, 0.5) is 4.79 Å². The van der Waals surface area contributed by atoms with Gasteiger partial charge in [-0.05, 0) is 36.0 Å². The molecule has 25 heavy (non-hydrogen) atoms. The van der Waals surface area contributed by atoms with Gasteiger partial charge in [-0.25, -0.2) is 4.79 Å². The first kappa shape index (κ1) is 18.1. The van der Waals surface area contributed by atoms with Crippen molar-refractivity contribution in [2.45, 2.75) is 50.6 Å². The van der Waals surface area contributed by atoms with Gasteiger partial charge in [0.25, 0.3) is 0 Å². The summed E-state index contributed by atoms with van der Waals surface area (Å²) in [5.74, 6) is 2.21. The predicted molar refractivity (Wildman–Crippen MR) is 97.6 cm³/mol. The van der Waals surface area contributed by atoms with Crippen LogP contribution in [-0.2, 0) is 0 Å². The highest BCUT2D eigenvalue weighted by molar-refractivity contribution is 5.75. The van der Waals surface area contributed by atoms with Crippen molar-refractivity contribution in [2.75, 3.05) is 20.8 Å². The molecule has 2 N–H and O–H groups in total. The number of carbonyl (C=O) groups excluding carboxylic acids is 1. The lowest BCUT2D eigenvalue weighted by Crippen LogP contribution is -2.42. The van der Waals surface area contributed by atoms with Gasteiger partial charge in [0.05, 0.1) is 19.8 Å². The molecule has 2 aliphatic carbocycles. The number of rotatable bonds is 6. The fraction of sp³-hybridized carbons (Fsp3) is 0.650. The predicted octanol–water partition coefficient (Wildman–Crippen LogP) is 3.34. The normalized spacial score (nSPS) is 24.4. The van der Waals surface area contributed by atoms with Crippen LogP contribution in [0.5, 0.6) is 5.75 Å². The van der Waals surface area contributed by atoms with Crippen LogP contribution < -0.4 is 10.1 Å². The number of urea groups is 1. The highest BCUT2D eigenvalue weighted by Gasteiger charge is 2.44. The van der Waals surface area contributed by atoms with Gasteiger partial charge < -0.3 is 20.1 Å². The third-order valence-electron chi connectivity index (χ3n) is 5.87. The topological polar surface area (TPSA) is 61.8 Å². The summed E-state index contributed by atoms with van der Waals surface area (Å²) in [6.07, 6.45) is 7.78. The summed E-state index contributed by atoms with van der Waals surface area (Å²) in [5.41, 5.74) is 0.903. The molecule has 2 aliphatic rings. The molecule has 0 radical (unpaired) electrons. The van der Waals surface area contributed by atoms with E-state index in [0.717, 1.165) is 23.7 Å². The zero-order valence-electron chi connectivity index (χ0n) is 15.3. The maximum atomic E-state index is 12.6. The maximum absolute atomic E-state index is 12.6. The summed E-state index contributed by atoms with van der Waals surface area (Å²) >= 11 is 0. The second-order valence-electron chi connectivity index (χ2n) is 7.44. The first-order valence-corrected chi connectivity index (χ1v) is 9.42. The summed E-state index contributed by atoms with van der Waals surface area (Å²) in [4.78, 5) is 14.2. The minimum Gasteiger partial charge on any atom is -0.497 e. The number of amides is 2. The quantitative estimate of drug-likeness (QED) is 0.830. The van der Waals surface area contributed by atoms with Gasteiger partial charge in [-0.1, -0.05) is 44.2 Å². The Morgan fingerprint density at radius 1 is 1.28 bits per heavy atom. The van der Waals surface area contributed by atoms with Gasteiger partial charge in [0.1, 0.15) is 5.75 Å². The summed E-state index contributed by atoms with van der Waals surface area (Å²) in [6.45, 7) is -0.104. The zero-order valence-corrected chi connectivity index (χ0v) is 15.3. The van der Waals surface area contributed by atoms with Crippen LogP contribution in [0.3, 0.4) is 0 Å². The van der Waals surface area contributed by atoms with E-state index in [1.54, 1.807) is 19.1 Å². The zero-order chi connectivity index (χ0) is 17.8. The van der Waals surface area contributed by atoms with Crippen molar-refractivity contribution in [3.05, 3.63) is 29.8 Å². The maximum Gasteiger partial charge on any atom is 0.317 e. The molecule has 2 amide bonds. The van der Waals surface area contributed by atoms with Gasteiger partial charge in [-0.3, -0.25) is 0 Å². The van der Waals surface area contributed by atoms with Crippen LogP contribution in [-0.4, -0.2) is 42.8 Å². The molecule has 3 atom stereocenters. The van der Waals surface area contributed by atoms with Crippen molar-refractivity contribution < 1.29 is 14.6 Å². The minimum absolute atomic E-state index is 0.0989. The SMILES string of the molecule is COc1ccc(C(CO)N(C)C(=O)NC2CC2C2CCCCC2)cc1. The standard InChI is InChI=1S/C20H30N2O3/c1-22(19(13-23)15-8-10-16(25-2)11-9-15)20(24)21-18-12-17(18)14-6-4-3-5-7-14/h8-11,14,17-19,23H,3-7,12-13H2,1-2H3,(H,21,24). The average Bonchev–Trinajstić information content (AvgIpc) is 3.42. The molecule has 3 unspecified atom stereocenters. The van der Waals surface area contributed by atoms with Gasteiger partial charge in [0.15, 0.2) is 0 Å². The average molecular weight is 346 g/mol. The van der Waals surface area contributed by atoms with Gasteiger partial charge >= 0.3 is 6.03 Å². The van der Waals surface area contributed by atoms with Crippen molar-refractivity contribution in [3.8, 4) is 5.75 Å². The van der Waals surface area contributed by atoms with Crippen molar-refractivity contribution in [1.82, 2.24) is 10.2 Å². The molecule has 5 heteroatoms. The molecule has 0 aromatic heterocycles. The largest absolute Gasteiger partial charge is 0.497 e. The minimum atomic E-state index is -0.349. The lowest BCUT2D eigenvalue weighted by atomic mass is 9.85. The van der Waals surface area contributed by atoms with E-state index in [0.29, 0.717) is 12.0 Å². The second kappa shape index (κ2) is 8.09. The van der Waals surface area contributed by atoms with Crippen LogP contribution in [0.2, 0.25) is 0 Å². The van der Waals surface area contributed by atoms with Crippen molar-refractivity contribution in [3.63, 3.8) is 0 Å². The fourth-order valence-corrected chi connectivity index (χ4v) is 4.14. The second-order valence-corrected chi connectivity index (χ2v) is 7.44. The number of benzene rings is 1. The molecule has 0 heterocycles. The Labute approximate surface area is 150 Å². The highest BCUT2D eigenvalue weighted by atomic mass is 16.5. The Morgan fingerprint density at radius 3 is 2.56 bits per heavy atom. The third-order valence-corrected chi connectivity index (χ3v) is 5.87. The van der Waals surface area contributed by atoms with Crippen LogP contribution >= 0.6 is 0 Å². The van der Waals surface area contributed by atoms with E-state index in [1.807, 2.05) is 24.3 Å².